The molecule has 3 aromatic rings. The van der Waals surface area contributed by atoms with Crippen LogP contribution in [0.25, 0.3) is 11.0 Å². The van der Waals surface area contributed by atoms with E-state index in [1.165, 1.54) is 29.2 Å². The van der Waals surface area contributed by atoms with Crippen molar-refractivity contribution in [3.63, 3.8) is 0 Å². The van der Waals surface area contributed by atoms with Crippen LogP contribution in [0, 0.1) is 11.7 Å². The van der Waals surface area contributed by atoms with Crippen LogP contribution in [0.15, 0.2) is 40.9 Å². The molecule has 4 heterocycles. The van der Waals surface area contributed by atoms with Crippen LogP contribution < -0.4 is 20.1 Å². The number of sulfonamides is 1. The second kappa shape index (κ2) is 15.3. The van der Waals surface area contributed by atoms with Gasteiger partial charge < -0.3 is 24.8 Å². The SMILES string of the molecule is CCc1nc2ccc(F)cc2nc1O[C@@H]1C[C@H]2C(=O)N[C@]3(C(=O)NS(=O)(=O)C4CC4)C[C@H]3/C=C\CCCCC[C@H](NC(=O)c3cc(C(C)C)no3)C(=O)N2C1. The van der Waals surface area contributed by atoms with Gasteiger partial charge in [0.15, 0.2) is 0 Å². The average molecular weight is 780 g/mol. The molecule has 2 saturated carbocycles. The Morgan fingerprint density at radius 1 is 1.11 bits per heavy atom. The lowest BCUT2D eigenvalue weighted by atomic mass is 10.0. The fourth-order valence-corrected chi connectivity index (χ4v) is 8.64. The molecule has 0 spiro atoms. The van der Waals surface area contributed by atoms with Crippen molar-refractivity contribution in [2.24, 2.45) is 5.92 Å². The minimum absolute atomic E-state index is 0.00465. The van der Waals surface area contributed by atoms with Crippen molar-refractivity contribution in [1.29, 1.82) is 0 Å². The highest BCUT2D eigenvalue weighted by molar-refractivity contribution is 7.91. The van der Waals surface area contributed by atoms with Gasteiger partial charge in [-0.25, -0.2) is 22.8 Å². The molecule has 0 unspecified atom stereocenters. The van der Waals surface area contributed by atoms with Gasteiger partial charge in [-0.2, -0.15) is 0 Å². The monoisotopic (exact) mass is 779 g/mol. The van der Waals surface area contributed by atoms with Crippen molar-refractivity contribution in [2.45, 2.75) is 120 Å². The van der Waals surface area contributed by atoms with Crippen molar-refractivity contribution in [3.05, 3.63) is 59.4 Å². The first-order valence-corrected chi connectivity index (χ1v) is 20.6. The van der Waals surface area contributed by atoms with Crippen LogP contribution in [0.3, 0.4) is 0 Å². The lowest BCUT2D eigenvalue weighted by Crippen LogP contribution is -2.58. The maximum atomic E-state index is 14.6. The first-order chi connectivity index (χ1) is 26.3. The Bertz CT molecular complexity index is 2140. The van der Waals surface area contributed by atoms with E-state index in [-0.39, 0.29) is 48.9 Å². The summed E-state index contributed by atoms with van der Waals surface area (Å²) in [6.45, 7) is 5.59. The van der Waals surface area contributed by atoms with Gasteiger partial charge >= 0.3 is 0 Å². The van der Waals surface area contributed by atoms with Crippen LogP contribution >= 0.6 is 0 Å². The Kier molecular flexibility index (Phi) is 10.7. The average Bonchev–Trinajstić information content (AvgIpc) is 4.02. The maximum Gasteiger partial charge on any atom is 0.290 e. The van der Waals surface area contributed by atoms with Gasteiger partial charge in [-0.05, 0) is 63.0 Å². The summed E-state index contributed by atoms with van der Waals surface area (Å²) < 4.78 is 53.7. The zero-order valence-electron chi connectivity index (χ0n) is 31.0. The van der Waals surface area contributed by atoms with E-state index >= 15 is 0 Å². The summed E-state index contributed by atoms with van der Waals surface area (Å²) in [5.41, 5.74) is 0.283. The molecule has 2 aromatic heterocycles. The van der Waals surface area contributed by atoms with Crippen LogP contribution in [0.4, 0.5) is 4.39 Å². The molecule has 2 aliphatic heterocycles. The number of carbonyl (C=O) groups is 4. The van der Waals surface area contributed by atoms with Gasteiger partial charge in [-0.1, -0.05) is 50.9 Å². The molecular formula is C38H46FN7O8S. The number of ether oxygens (including phenoxy) is 1. The quantitative estimate of drug-likeness (QED) is 0.268. The lowest BCUT2D eigenvalue weighted by Gasteiger charge is -2.29. The van der Waals surface area contributed by atoms with Crippen LogP contribution in [0.5, 0.6) is 5.88 Å². The molecule has 294 valence electrons. The second-order valence-corrected chi connectivity index (χ2v) is 17.2. The molecule has 3 N–H and O–H groups in total. The molecule has 2 aliphatic carbocycles. The molecule has 1 saturated heterocycles. The van der Waals surface area contributed by atoms with E-state index in [9.17, 15) is 32.0 Å². The number of allylic oxidation sites excluding steroid dienone is 1. The smallest absolute Gasteiger partial charge is 0.290 e. The molecule has 15 nitrogen and oxygen atoms in total. The third-order valence-corrected chi connectivity index (χ3v) is 12.6. The summed E-state index contributed by atoms with van der Waals surface area (Å²) in [6.07, 6.45) is 7.48. The number of hydrogen-bond donors (Lipinski definition) is 3. The molecule has 3 fully saturated rings. The number of nitrogens with one attached hydrogen (secondary N) is 3. The lowest BCUT2D eigenvalue weighted by molar-refractivity contribution is -0.141. The minimum Gasteiger partial charge on any atom is -0.471 e. The fourth-order valence-electron chi connectivity index (χ4n) is 7.28. The standard InChI is InChI=1S/C38H46FN7O8S/c1-4-26-35(42-30-16-23(39)12-15-27(30)40-26)53-24-17-31-33(47)43-38(37(50)45-55(51,52)25-13-14-25)19-22(38)10-8-6-5-7-9-11-28(36(49)46(31)20-24)41-34(48)32-18-29(21(2)3)44-54-32/h8,10,12,15-16,18,21-22,24-25,28,31H,4-7,9,11,13-14,17,19-20H2,1-3H3,(H,41,48)(H,43,47)(H,45,50)/b10-8-/t22-,24-,28+,31+,38-/m1/s1. The van der Waals surface area contributed by atoms with Gasteiger partial charge in [-0.3, -0.25) is 23.9 Å². The number of aryl methyl sites for hydroxylation is 1. The molecule has 5 atom stereocenters. The molecule has 4 aliphatic rings. The van der Waals surface area contributed by atoms with E-state index in [0.717, 1.165) is 12.8 Å². The molecule has 17 heteroatoms. The number of fused-ring (bicyclic) bond motifs is 3. The van der Waals surface area contributed by atoms with Crippen molar-refractivity contribution < 1.29 is 41.2 Å². The van der Waals surface area contributed by atoms with E-state index in [4.69, 9.17) is 9.26 Å². The zero-order chi connectivity index (χ0) is 39.1. The highest BCUT2D eigenvalue weighted by Gasteiger charge is 2.62. The van der Waals surface area contributed by atoms with Gasteiger partial charge in [0.1, 0.15) is 35.2 Å². The van der Waals surface area contributed by atoms with E-state index in [1.807, 2.05) is 32.9 Å². The number of aromatic nitrogens is 3. The van der Waals surface area contributed by atoms with E-state index in [1.54, 1.807) is 0 Å². The molecule has 0 radical (unpaired) electrons. The van der Waals surface area contributed by atoms with Crippen molar-refractivity contribution in [3.8, 4) is 5.88 Å². The number of benzene rings is 1. The van der Waals surface area contributed by atoms with Crippen LogP contribution in [-0.4, -0.2) is 87.6 Å². The number of rotatable bonds is 9. The summed E-state index contributed by atoms with van der Waals surface area (Å²) in [5, 5.41) is 8.98. The van der Waals surface area contributed by atoms with Gasteiger partial charge in [0.25, 0.3) is 11.8 Å². The Morgan fingerprint density at radius 3 is 2.64 bits per heavy atom. The summed E-state index contributed by atoms with van der Waals surface area (Å²) in [7, 11) is -3.92. The minimum atomic E-state index is -3.92. The topological polar surface area (TPSA) is 203 Å². The number of halogens is 1. The van der Waals surface area contributed by atoms with Crippen molar-refractivity contribution >= 4 is 44.7 Å². The van der Waals surface area contributed by atoms with Crippen molar-refractivity contribution in [1.82, 2.24) is 35.4 Å². The molecule has 55 heavy (non-hydrogen) atoms. The molecule has 0 bridgehead atoms. The molecule has 4 amide bonds. The molecule has 7 rings (SSSR count). The molecular weight excluding hydrogens is 734 g/mol. The third-order valence-electron chi connectivity index (χ3n) is 10.8. The van der Waals surface area contributed by atoms with Crippen molar-refractivity contribution in [2.75, 3.05) is 6.54 Å². The zero-order valence-corrected chi connectivity index (χ0v) is 31.9. The Balaban J connectivity index is 1.20. The number of amides is 4. The van der Waals surface area contributed by atoms with Gasteiger partial charge in [0.05, 0.1) is 28.5 Å². The summed E-state index contributed by atoms with van der Waals surface area (Å²) in [4.78, 5) is 66.6. The van der Waals surface area contributed by atoms with Crippen LogP contribution in [0.2, 0.25) is 0 Å². The summed E-state index contributed by atoms with van der Waals surface area (Å²) in [5.74, 6) is -3.54. The van der Waals surface area contributed by atoms with Gasteiger partial charge in [0.2, 0.25) is 33.5 Å². The normalized spacial score (nSPS) is 26.7. The number of carbonyl (C=O) groups excluding carboxylic acids is 4. The first kappa shape index (κ1) is 38.3. The van der Waals surface area contributed by atoms with Gasteiger partial charge in [-0.15, -0.1) is 0 Å². The second-order valence-electron chi connectivity index (χ2n) is 15.3. The first-order valence-electron chi connectivity index (χ1n) is 19.0. The van der Waals surface area contributed by atoms with E-state index in [0.29, 0.717) is 49.0 Å². The van der Waals surface area contributed by atoms with E-state index < -0.39 is 74.4 Å². The maximum absolute atomic E-state index is 14.6. The Morgan fingerprint density at radius 2 is 1.91 bits per heavy atom. The Hall–Kier alpha value is -4.93. The third kappa shape index (κ3) is 8.21. The highest BCUT2D eigenvalue weighted by atomic mass is 32.2. The summed E-state index contributed by atoms with van der Waals surface area (Å²) >= 11 is 0. The van der Waals surface area contributed by atoms with Gasteiger partial charge in [0, 0.05) is 24.5 Å². The van der Waals surface area contributed by atoms with E-state index in [2.05, 4.69) is 30.5 Å². The predicted molar refractivity (Wildman–Crippen MR) is 197 cm³/mol. The predicted octanol–water partition coefficient (Wildman–Crippen LogP) is 3.59. The highest BCUT2D eigenvalue weighted by Crippen LogP contribution is 2.46. The van der Waals surface area contributed by atoms with Crippen LogP contribution in [-0.2, 0) is 30.8 Å². The fraction of sp³-hybridized carbons (Fsp3) is 0.553. The Labute approximate surface area is 318 Å². The van der Waals surface area contributed by atoms with Crippen LogP contribution in [0.1, 0.15) is 106 Å². The number of nitrogens with zero attached hydrogens (tertiary/aromatic N) is 4. The summed E-state index contributed by atoms with van der Waals surface area (Å²) in [6, 6.07) is 3.35. The molecule has 1 aromatic carbocycles. The largest absolute Gasteiger partial charge is 0.471 e. The number of hydrogen-bond acceptors (Lipinski definition) is 11.